The Kier molecular flexibility index (Phi) is 5.86. The molecule has 4 aromatic heterocycles. The van der Waals surface area contributed by atoms with Crippen LogP contribution in [0, 0.1) is 0 Å². The molecule has 0 aliphatic carbocycles. The second-order valence-corrected chi connectivity index (χ2v) is 12.8. The van der Waals surface area contributed by atoms with Gasteiger partial charge in [-0.15, -0.1) is 0 Å². The Labute approximate surface area is 290 Å². The summed E-state index contributed by atoms with van der Waals surface area (Å²) >= 11 is 0. The molecular formula is C45H25N3O3. The van der Waals surface area contributed by atoms with Crippen LogP contribution in [0.4, 0.5) is 0 Å². The molecule has 0 fully saturated rings. The molecule has 51 heavy (non-hydrogen) atoms. The number of nitrogens with zero attached hydrogens (tertiary/aromatic N) is 3. The number of benzene rings is 7. The summed E-state index contributed by atoms with van der Waals surface area (Å²) in [6.07, 6.45) is 0. The topological polar surface area (TPSA) is 78.1 Å². The van der Waals surface area contributed by atoms with E-state index in [1.807, 2.05) is 91.0 Å². The third-order valence-electron chi connectivity index (χ3n) is 9.76. The maximum atomic E-state index is 6.71. The molecule has 0 bridgehead atoms. The molecule has 0 amide bonds. The second-order valence-electron chi connectivity index (χ2n) is 12.8. The first-order chi connectivity index (χ1) is 25.2. The van der Waals surface area contributed by atoms with E-state index < -0.39 is 0 Å². The minimum atomic E-state index is 0.528. The summed E-state index contributed by atoms with van der Waals surface area (Å²) in [5, 5.41) is 6.33. The number of para-hydroxylation sites is 4. The number of aromatic nitrogens is 3. The molecule has 0 radical (unpaired) electrons. The van der Waals surface area contributed by atoms with Gasteiger partial charge in [-0.3, -0.25) is 0 Å². The monoisotopic (exact) mass is 655 g/mol. The van der Waals surface area contributed by atoms with Crippen molar-refractivity contribution < 1.29 is 13.3 Å². The number of hydrogen-bond acceptors (Lipinski definition) is 6. The molecule has 0 N–H and O–H groups in total. The Bertz CT molecular complexity index is 3150. The van der Waals surface area contributed by atoms with E-state index in [0.717, 1.165) is 93.6 Å². The van der Waals surface area contributed by atoms with Crippen molar-refractivity contribution in [3.63, 3.8) is 0 Å². The number of hydrogen-bond donors (Lipinski definition) is 0. The molecule has 11 aromatic rings. The standard InChI is InChI=1S/C45H25N3O3/c1-2-10-26(11-3-1)43-46-44(28-21-23-32-30-12-4-6-18-37(30)49-39(32)25-28)48-45(47-43)36-17-9-16-35-33-22-20-27(24-40(33)51-42(35)36)29-14-8-15-34-31-13-5-7-19-38(31)50-41(29)34/h1-25H. The van der Waals surface area contributed by atoms with Gasteiger partial charge in [0.25, 0.3) is 0 Å². The fraction of sp³-hybridized carbons (Fsp3) is 0. The van der Waals surface area contributed by atoms with Crippen molar-refractivity contribution in [1.82, 2.24) is 15.0 Å². The molecule has 0 aliphatic rings. The lowest BCUT2D eigenvalue weighted by Gasteiger charge is -2.08. The molecule has 6 nitrogen and oxygen atoms in total. The lowest BCUT2D eigenvalue weighted by atomic mass is 10.0. The third kappa shape index (κ3) is 4.33. The summed E-state index contributed by atoms with van der Waals surface area (Å²) in [4.78, 5) is 15.0. The fourth-order valence-corrected chi connectivity index (χ4v) is 7.32. The van der Waals surface area contributed by atoms with Crippen molar-refractivity contribution in [3.8, 4) is 45.3 Å². The van der Waals surface area contributed by atoms with Crippen molar-refractivity contribution in [3.05, 3.63) is 152 Å². The van der Waals surface area contributed by atoms with Crippen LogP contribution in [0.15, 0.2) is 165 Å². The summed E-state index contributed by atoms with van der Waals surface area (Å²) in [5.41, 5.74) is 9.41. The quantitative estimate of drug-likeness (QED) is 0.188. The molecule has 0 spiro atoms. The highest BCUT2D eigenvalue weighted by atomic mass is 16.3. The van der Waals surface area contributed by atoms with Crippen LogP contribution in [0.25, 0.3) is 111 Å². The van der Waals surface area contributed by atoms with Gasteiger partial charge in [0, 0.05) is 49.0 Å². The largest absolute Gasteiger partial charge is 0.456 e. The molecule has 0 unspecified atom stereocenters. The third-order valence-corrected chi connectivity index (χ3v) is 9.76. The first kappa shape index (κ1) is 27.9. The van der Waals surface area contributed by atoms with Crippen LogP contribution in [-0.4, -0.2) is 15.0 Å². The summed E-state index contributed by atoms with van der Waals surface area (Å²) in [7, 11) is 0. The van der Waals surface area contributed by atoms with Crippen LogP contribution in [0.5, 0.6) is 0 Å². The molecule has 0 saturated heterocycles. The zero-order valence-corrected chi connectivity index (χ0v) is 27.0. The zero-order chi connectivity index (χ0) is 33.5. The minimum absolute atomic E-state index is 0.528. The van der Waals surface area contributed by atoms with Crippen LogP contribution in [0.1, 0.15) is 0 Å². The molecule has 7 aromatic carbocycles. The summed E-state index contributed by atoms with van der Waals surface area (Å²) in [5.74, 6) is 1.66. The van der Waals surface area contributed by atoms with Gasteiger partial charge in [0.2, 0.25) is 0 Å². The van der Waals surface area contributed by atoms with Crippen molar-refractivity contribution in [1.29, 1.82) is 0 Å². The van der Waals surface area contributed by atoms with Gasteiger partial charge >= 0.3 is 0 Å². The van der Waals surface area contributed by atoms with E-state index in [2.05, 4.69) is 60.7 Å². The highest BCUT2D eigenvalue weighted by Gasteiger charge is 2.20. The van der Waals surface area contributed by atoms with Crippen molar-refractivity contribution in [2.24, 2.45) is 0 Å². The molecule has 0 aliphatic heterocycles. The highest BCUT2D eigenvalue weighted by molar-refractivity contribution is 6.12. The van der Waals surface area contributed by atoms with Gasteiger partial charge in [-0.05, 0) is 48.0 Å². The zero-order valence-electron chi connectivity index (χ0n) is 27.0. The first-order valence-electron chi connectivity index (χ1n) is 16.8. The molecule has 6 heteroatoms. The Morgan fingerprint density at radius 3 is 1.57 bits per heavy atom. The van der Waals surface area contributed by atoms with Gasteiger partial charge in [0.15, 0.2) is 17.5 Å². The maximum absolute atomic E-state index is 6.71. The molecule has 4 heterocycles. The van der Waals surface area contributed by atoms with E-state index in [-0.39, 0.29) is 0 Å². The lowest BCUT2D eigenvalue weighted by molar-refractivity contribution is 0.668. The van der Waals surface area contributed by atoms with E-state index in [0.29, 0.717) is 17.5 Å². The fourth-order valence-electron chi connectivity index (χ4n) is 7.32. The van der Waals surface area contributed by atoms with Gasteiger partial charge in [0.1, 0.15) is 33.5 Å². The van der Waals surface area contributed by atoms with E-state index in [4.69, 9.17) is 28.2 Å². The van der Waals surface area contributed by atoms with E-state index >= 15 is 0 Å². The Hall–Kier alpha value is -7.05. The lowest BCUT2D eigenvalue weighted by Crippen LogP contribution is -2.00. The van der Waals surface area contributed by atoms with Crippen LogP contribution >= 0.6 is 0 Å². The Balaban J connectivity index is 1.09. The molecule has 0 saturated carbocycles. The van der Waals surface area contributed by atoms with E-state index in [9.17, 15) is 0 Å². The van der Waals surface area contributed by atoms with E-state index in [1.165, 1.54) is 0 Å². The molecular weight excluding hydrogens is 631 g/mol. The molecule has 11 rings (SSSR count). The predicted octanol–water partition coefficient (Wildman–Crippen LogP) is 12.2. The van der Waals surface area contributed by atoms with Crippen LogP contribution < -0.4 is 0 Å². The van der Waals surface area contributed by atoms with Crippen molar-refractivity contribution in [2.75, 3.05) is 0 Å². The number of rotatable bonds is 4. The van der Waals surface area contributed by atoms with Crippen LogP contribution in [-0.2, 0) is 0 Å². The normalized spacial score (nSPS) is 11.9. The van der Waals surface area contributed by atoms with Crippen molar-refractivity contribution >= 4 is 65.8 Å². The predicted molar refractivity (Wildman–Crippen MR) is 203 cm³/mol. The molecule has 238 valence electrons. The maximum Gasteiger partial charge on any atom is 0.167 e. The van der Waals surface area contributed by atoms with Gasteiger partial charge in [-0.1, -0.05) is 109 Å². The Morgan fingerprint density at radius 1 is 0.294 bits per heavy atom. The van der Waals surface area contributed by atoms with Crippen molar-refractivity contribution in [2.45, 2.75) is 0 Å². The SMILES string of the molecule is c1ccc(-c2nc(-c3ccc4c(c3)oc3ccccc34)nc(-c3cccc4c3oc3cc(-c5cccc6c5oc5ccccc56)ccc34)n2)cc1. The van der Waals surface area contributed by atoms with Gasteiger partial charge in [-0.25, -0.2) is 15.0 Å². The smallest absolute Gasteiger partial charge is 0.167 e. The van der Waals surface area contributed by atoms with Gasteiger partial charge < -0.3 is 13.3 Å². The van der Waals surface area contributed by atoms with Crippen LogP contribution in [0.3, 0.4) is 0 Å². The average Bonchev–Trinajstić information content (AvgIpc) is 3.88. The molecule has 0 atom stereocenters. The van der Waals surface area contributed by atoms with E-state index in [1.54, 1.807) is 0 Å². The number of furan rings is 3. The summed E-state index contributed by atoms with van der Waals surface area (Å²) in [6.45, 7) is 0. The first-order valence-corrected chi connectivity index (χ1v) is 16.8. The summed E-state index contributed by atoms with van der Waals surface area (Å²) in [6, 6.07) is 51.1. The second kappa shape index (κ2) is 10.7. The number of fused-ring (bicyclic) bond motifs is 9. The minimum Gasteiger partial charge on any atom is -0.456 e. The highest BCUT2D eigenvalue weighted by Crippen LogP contribution is 2.40. The summed E-state index contributed by atoms with van der Waals surface area (Å²) < 4.78 is 19.3. The van der Waals surface area contributed by atoms with Crippen LogP contribution in [0.2, 0.25) is 0 Å². The van der Waals surface area contributed by atoms with Gasteiger partial charge in [-0.2, -0.15) is 0 Å². The average molecular weight is 656 g/mol. The van der Waals surface area contributed by atoms with Gasteiger partial charge in [0.05, 0.1) is 5.56 Å². The Morgan fingerprint density at radius 2 is 0.784 bits per heavy atom.